The van der Waals surface area contributed by atoms with Crippen LogP contribution in [0.15, 0.2) is 12.1 Å². The van der Waals surface area contributed by atoms with Crippen LogP contribution in [0.2, 0.25) is 0 Å². The number of hydrogen-bond donors (Lipinski definition) is 0. The minimum atomic E-state index is 0.573. The Morgan fingerprint density at radius 3 is 3.00 bits per heavy atom. The Kier molecular flexibility index (Phi) is 1.47. The highest BCUT2D eigenvalue weighted by molar-refractivity contribution is 5.06. The van der Waals surface area contributed by atoms with E-state index in [9.17, 15) is 0 Å². The fraction of sp³-hybridized carbons (Fsp3) is 0.167. The molecule has 1 aromatic heterocycles. The van der Waals surface area contributed by atoms with E-state index in [1.165, 1.54) is 0 Å². The Bertz CT molecular complexity index is 150. The van der Waals surface area contributed by atoms with E-state index in [4.69, 9.17) is 4.74 Å². The summed E-state index contributed by atoms with van der Waals surface area (Å²) in [4.78, 5) is 3.69. The summed E-state index contributed by atoms with van der Waals surface area (Å²) in [5, 5.41) is 0. The van der Waals surface area contributed by atoms with Gasteiger partial charge in [-0.05, 0) is 6.07 Å². The third-order valence-electron chi connectivity index (χ3n) is 0.749. The summed E-state index contributed by atoms with van der Waals surface area (Å²) in [6.07, 6.45) is 2.51. The number of aromatic nitrogens is 1. The zero-order valence-electron chi connectivity index (χ0n) is 4.51. The van der Waals surface area contributed by atoms with E-state index in [0.29, 0.717) is 5.88 Å². The number of methoxy groups -OCH3 is 1. The van der Waals surface area contributed by atoms with Crippen LogP contribution < -0.4 is 4.74 Å². The molecule has 2 radical (unpaired) electrons. The Labute approximate surface area is 48.1 Å². The van der Waals surface area contributed by atoms with Gasteiger partial charge in [0.2, 0.25) is 5.88 Å². The van der Waals surface area contributed by atoms with Crippen molar-refractivity contribution in [1.82, 2.24) is 4.98 Å². The topological polar surface area (TPSA) is 22.1 Å². The summed E-state index contributed by atoms with van der Waals surface area (Å²) < 4.78 is 4.75. The second kappa shape index (κ2) is 2.31. The Balaban J connectivity index is 2.83. The van der Waals surface area contributed by atoms with E-state index in [-0.39, 0.29) is 0 Å². The van der Waals surface area contributed by atoms with Gasteiger partial charge in [-0.1, -0.05) is 0 Å². The van der Waals surface area contributed by atoms with E-state index in [0.717, 1.165) is 0 Å². The van der Waals surface area contributed by atoms with Crippen LogP contribution in [0, 0.1) is 12.3 Å². The predicted molar refractivity (Wildman–Crippen MR) is 28.5 cm³/mol. The van der Waals surface area contributed by atoms with Crippen LogP contribution in [0.4, 0.5) is 0 Å². The molecule has 0 aliphatic rings. The van der Waals surface area contributed by atoms with Crippen molar-refractivity contribution < 1.29 is 4.74 Å². The molecular weight excluding hydrogens is 102 g/mol. The van der Waals surface area contributed by atoms with Gasteiger partial charge in [-0.3, -0.25) is 0 Å². The van der Waals surface area contributed by atoms with Crippen molar-refractivity contribution in [3.8, 4) is 5.88 Å². The molecule has 8 heavy (non-hydrogen) atoms. The number of rotatable bonds is 1. The van der Waals surface area contributed by atoms with Crippen LogP contribution in [-0.4, -0.2) is 12.1 Å². The standard InChI is InChI=1S/C6H5NO/c1-8-6-4-2-3-5-7-6/h2,4H,1H3. The molecule has 2 nitrogen and oxygen atoms in total. The van der Waals surface area contributed by atoms with Crippen molar-refractivity contribution in [3.05, 3.63) is 24.4 Å². The first-order chi connectivity index (χ1) is 3.93. The lowest BCUT2D eigenvalue weighted by molar-refractivity contribution is 0.397. The van der Waals surface area contributed by atoms with Gasteiger partial charge in [-0.2, -0.15) is 0 Å². The van der Waals surface area contributed by atoms with Gasteiger partial charge in [0.05, 0.1) is 7.11 Å². The first-order valence-corrected chi connectivity index (χ1v) is 2.22. The van der Waals surface area contributed by atoms with Crippen LogP contribution in [0.1, 0.15) is 0 Å². The molecule has 0 fully saturated rings. The molecule has 1 aromatic rings. The van der Waals surface area contributed by atoms with Gasteiger partial charge in [0.1, 0.15) is 6.20 Å². The van der Waals surface area contributed by atoms with Gasteiger partial charge in [-0.25, -0.2) is 4.98 Å². The molecule has 0 unspecified atom stereocenters. The molecule has 0 saturated heterocycles. The number of pyridine rings is 1. The number of nitrogens with zero attached hydrogens (tertiary/aromatic N) is 1. The van der Waals surface area contributed by atoms with Gasteiger partial charge < -0.3 is 4.74 Å². The van der Waals surface area contributed by atoms with Gasteiger partial charge in [0.15, 0.2) is 0 Å². The molecule has 0 bridgehead atoms. The maximum atomic E-state index is 4.75. The zero-order chi connectivity index (χ0) is 5.82. The molecule has 0 spiro atoms. The summed E-state index contributed by atoms with van der Waals surface area (Å²) in [7, 11) is 1.57. The average molecular weight is 107 g/mol. The molecule has 0 atom stereocenters. The quantitative estimate of drug-likeness (QED) is 0.526. The van der Waals surface area contributed by atoms with Gasteiger partial charge >= 0.3 is 0 Å². The summed E-state index contributed by atoms with van der Waals surface area (Å²) in [6, 6.07) is 6.07. The van der Waals surface area contributed by atoms with E-state index in [1.54, 1.807) is 19.2 Å². The summed E-state index contributed by atoms with van der Waals surface area (Å²) in [5.74, 6) is 0.573. The molecule has 0 aliphatic heterocycles. The number of ether oxygens (including phenoxy) is 1. The van der Waals surface area contributed by atoms with Crippen molar-refractivity contribution in [2.45, 2.75) is 0 Å². The third kappa shape index (κ3) is 0.964. The molecule has 0 aliphatic carbocycles. The summed E-state index contributed by atoms with van der Waals surface area (Å²) in [6.45, 7) is 0. The fourth-order valence-electron chi connectivity index (χ4n) is 0.389. The highest BCUT2D eigenvalue weighted by Crippen LogP contribution is 1.98. The average Bonchev–Trinajstić information content (AvgIpc) is 1.90. The SMILES string of the molecule is COc1cc[c][c]n1. The molecule has 0 amide bonds. The zero-order valence-corrected chi connectivity index (χ0v) is 4.51. The van der Waals surface area contributed by atoms with Crippen molar-refractivity contribution in [2.75, 3.05) is 7.11 Å². The van der Waals surface area contributed by atoms with Crippen LogP contribution >= 0.6 is 0 Å². The van der Waals surface area contributed by atoms with Crippen molar-refractivity contribution in [1.29, 1.82) is 0 Å². The second-order valence-corrected chi connectivity index (χ2v) is 1.24. The van der Waals surface area contributed by atoms with Crippen molar-refractivity contribution in [2.24, 2.45) is 0 Å². The Morgan fingerprint density at radius 2 is 2.62 bits per heavy atom. The molecule has 2 heteroatoms. The van der Waals surface area contributed by atoms with E-state index in [1.807, 2.05) is 0 Å². The fourth-order valence-corrected chi connectivity index (χ4v) is 0.389. The molecule has 0 saturated carbocycles. The molecular formula is C6H5NO. The van der Waals surface area contributed by atoms with Crippen molar-refractivity contribution >= 4 is 0 Å². The minimum absolute atomic E-state index is 0.573. The Hall–Kier alpha value is -1.05. The molecule has 0 aromatic carbocycles. The lowest BCUT2D eigenvalue weighted by Gasteiger charge is -1.91. The largest absolute Gasteiger partial charge is 0.481 e. The monoisotopic (exact) mass is 107 g/mol. The van der Waals surface area contributed by atoms with Crippen LogP contribution in [0.5, 0.6) is 5.88 Å². The highest BCUT2D eigenvalue weighted by Gasteiger charge is 1.83. The minimum Gasteiger partial charge on any atom is -0.481 e. The maximum Gasteiger partial charge on any atom is 0.213 e. The smallest absolute Gasteiger partial charge is 0.213 e. The van der Waals surface area contributed by atoms with Gasteiger partial charge in [-0.15, -0.1) is 0 Å². The summed E-state index contributed by atoms with van der Waals surface area (Å²) in [5.41, 5.74) is 0. The second-order valence-electron chi connectivity index (χ2n) is 1.24. The highest BCUT2D eigenvalue weighted by atomic mass is 16.5. The van der Waals surface area contributed by atoms with E-state index < -0.39 is 0 Å². The Morgan fingerprint density at radius 1 is 1.75 bits per heavy atom. The molecule has 0 N–H and O–H groups in total. The van der Waals surface area contributed by atoms with E-state index in [2.05, 4.69) is 17.2 Å². The van der Waals surface area contributed by atoms with E-state index >= 15 is 0 Å². The third-order valence-corrected chi connectivity index (χ3v) is 0.749. The summed E-state index contributed by atoms with van der Waals surface area (Å²) >= 11 is 0. The predicted octanol–water partition coefficient (Wildman–Crippen LogP) is 0.691. The normalized spacial score (nSPS) is 8.62. The van der Waals surface area contributed by atoms with Gasteiger partial charge in [0, 0.05) is 12.1 Å². The van der Waals surface area contributed by atoms with Crippen LogP contribution in [-0.2, 0) is 0 Å². The lowest BCUT2D eigenvalue weighted by atomic mass is 10.5. The first-order valence-electron chi connectivity index (χ1n) is 2.22. The van der Waals surface area contributed by atoms with Gasteiger partial charge in [0.25, 0.3) is 0 Å². The number of hydrogen-bond acceptors (Lipinski definition) is 2. The first kappa shape index (κ1) is 5.09. The molecule has 1 rings (SSSR count). The lowest BCUT2D eigenvalue weighted by Crippen LogP contribution is -1.83. The molecule has 1 heterocycles. The molecule has 40 valence electrons. The van der Waals surface area contributed by atoms with Crippen LogP contribution in [0.3, 0.4) is 0 Å². The maximum absolute atomic E-state index is 4.75. The van der Waals surface area contributed by atoms with Crippen LogP contribution in [0.25, 0.3) is 0 Å². The van der Waals surface area contributed by atoms with Crippen molar-refractivity contribution in [3.63, 3.8) is 0 Å².